The van der Waals surface area contributed by atoms with Crippen LogP contribution in [0, 0.1) is 0 Å². The monoisotopic (exact) mass is 391 g/mol. The van der Waals surface area contributed by atoms with Crippen LogP contribution in [0.3, 0.4) is 0 Å². The standard InChI is InChI=1S/C28H25NO/c1-27(2)25-13-7-8-14-26(25)29-17-18-30-28(27,29)16-15-21-19-20-9-3-4-10-22(20)24-12-6-5-11-23(21)24/h3-16,19H,17-18H2,1-2H3/b16-15+. The SMILES string of the molecule is CC1(C)c2ccccc2N2CCOC21/C=C/c1cc2ccccc2c2ccccc12. The molecule has 6 rings (SSSR count). The third kappa shape index (κ3) is 2.23. The minimum Gasteiger partial charge on any atom is -0.349 e. The van der Waals surface area contributed by atoms with E-state index in [1.54, 1.807) is 0 Å². The summed E-state index contributed by atoms with van der Waals surface area (Å²) in [6.07, 6.45) is 4.58. The molecule has 1 fully saturated rings. The Labute approximate surface area is 177 Å². The van der Waals surface area contributed by atoms with Gasteiger partial charge < -0.3 is 9.64 Å². The third-order valence-electron chi connectivity index (χ3n) is 7.09. The normalized spacial score (nSPS) is 22.1. The highest BCUT2D eigenvalue weighted by Crippen LogP contribution is 2.55. The fourth-order valence-electron chi connectivity index (χ4n) is 5.55. The van der Waals surface area contributed by atoms with Crippen molar-refractivity contribution >= 4 is 33.3 Å². The smallest absolute Gasteiger partial charge is 0.170 e. The first kappa shape index (κ1) is 17.7. The zero-order valence-corrected chi connectivity index (χ0v) is 17.4. The van der Waals surface area contributed by atoms with E-state index in [1.165, 1.54) is 38.4 Å². The van der Waals surface area contributed by atoms with Gasteiger partial charge >= 0.3 is 0 Å². The molecule has 2 aliphatic heterocycles. The van der Waals surface area contributed by atoms with Crippen LogP contribution in [0.25, 0.3) is 27.6 Å². The van der Waals surface area contributed by atoms with Gasteiger partial charge in [0.05, 0.1) is 6.61 Å². The molecule has 0 aliphatic carbocycles. The number of anilines is 1. The summed E-state index contributed by atoms with van der Waals surface area (Å²) in [5, 5.41) is 5.15. The van der Waals surface area contributed by atoms with Gasteiger partial charge in [-0.15, -0.1) is 0 Å². The molecule has 0 saturated carbocycles. The van der Waals surface area contributed by atoms with E-state index >= 15 is 0 Å². The lowest BCUT2D eigenvalue weighted by atomic mass is 9.77. The molecule has 1 atom stereocenters. The summed E-state index contributed by atoms with van der Waals surface area (Å²) in [6, 6.07) is 28.4. The molecule has 4 aromatic carbocycles. The Bertz CT molecular complexity index is 1320. The molecule has 0 bridgehead atoms. The second-order valence-corrected chi connectivity index (χ2v) is 8.90. The molecule has 1 unspecified atom stereocenters. The van der Waals surface area contributed by atoms with Crippen molar-refractivity contribution in [1.82, 2.24) is 0 Å². The van der Waals surface area contributed by atoms with Crippen molar-refractivity contribution in [2.75, 3.05) is 18.1 Å². The second-order valence-electron chi connectivity index (χ2n) is 8.90. The Balaban J connectivity index is 1.54. The molecule has 2 heterocycles. The van der Waals surface area contributed by atoms with Crippen LogP contribution in [-0.4, -0.2) is 18.9 Å². The van der Waals surface area contributed by atoms with Gasteiger partial charge in [-0.3, -0.25) is 0 Å². The first-order chi connectivity index (χ1) is 14.6. The van der Waals surface area contributed by atoms with E-state index in [0.29, 0.717) is 0 Å². The highest BCUT2D eigenvalue weighted by molar-refractivity contribution is 6.10. The summed E-state index contributed by atoms with van der Waals surface area (Å²) >= 11 is 0. The number of ether oxygens (including phenoxy) is 1. The van der Waals surface area contributed by atoms with Gasteiger partial charge in [0.2, 0.25) is 0 Å². The van der Waals surface area contributed by atoms with E-state index < -0.39 is 5.72 Å². The summed E-state index contributed by atoms with van der Waals surface area (Å²) < 4.78 is 6.52. The molecule has 0 amide bonds. The molecular weight excluding hydrogens is 366 g/mol. The first-order valence-corrected chi connectivity index (χ1v) is 10.7. The lowest BCUT2D eigenvalue weighted by Crippen LogP contribution is -2.51. The molecule has 4 aromatic rings. The zero-order chi connectivity index (χ0) is 20.3. The van der Waals surface area contributed by atoms with E-state index in [0.717, 1.165) is 13.2 Å². The number of hydrogen-bond donors (Lipinski definition) is 0. The predicted octanol–water partition coefficient (Wildman–Crippen LogP) is 6.53. The Morgan fingerprint density at radius 1 is 0.833 bits per heavy atom. The molecule has 30 heavy (non-hydrogen) atoms. The molecule has 0 radical (unpaired) electrons. The second kappa shape index (κ2) is 6.20. The van der Waals surface area contributed by atoms with Gasteiger partial charge in [-0.05, 0) is 50.9 Å². The minimum atomic E-state index is -0.455. The first-order valence-electron chi connectivity index (χ1n) is 10.7. The molecule has 0 N–H and O–H groups in total. The molecule has 1 saturated heterocycles. The predicted molar refractivity (Wildman–Crippen MR) is 126 cm³/mol. The summed E-state index contributed by atoms with van der Waals surface area (Å²) in [5.74, 6) is 0. The average Bonchev–Trinajstić information content (AvgIpc) is 3.29. The minimum absolute atomic E-state index is 0.136. The third-order valence-corrected chi connectivity index (χ3v) is 7.09. The quantitative estimate of drug-likeness (QED) is 0.360. The maximum Gasteiger partial charge on any atom is 0.170 e. The summed E-state index contributed by atoms with van der Waals surface area (Å²) in [5.41, 5.74) is 3.30. The average molecular weight is 392 g/mol. The molecule has 0 spiro atoms. The van der Waals surface area contributed by atoms with E-state index in [1.807, 2.05) is 0 Å². The van der Waals surface area contributed by atoms with Gasteiger partial charge in [0.15, 0.2) is 5.72 Å². The Morgan fingerprint density at radius 3 is 2.40 bits per heavy atom. The summed E-state index contributed by atoms with van der Waals surface area (Å²) in [4.78, 5) is 2.45. The van der Waals surface area contributed by atoms with Crippen LogP contribution in [0.1, 0.15) is 25.0 Å². The van der Waals surface area contributed by atoms with Crippen molar-refractivity contribution in [1.29, 1.82) is 0 Å². The number of benzene rings is 4. The topological polar surface area (TPSA) is 12.5 Å². The van der Waals surface area contributed by atoms with Crippen LogP contribution < -0.4 is 4.90 Å². The molecule has 2 aliphatic rings. The van der Waals surface area contributed by atoms with Gasteiger partial charge in [0, 0.05) is 17.6 Å². The van der Waals surface area contributed by atoms with Gasteiger partial charge in [0.1, 0.15) is 0 Å². The Kier molecular flexibility index (Phi) is 3.66. The highest BCUT2D eigenvalue weighted by Gasteiger charge is 2.58. The number of rotatable bonds is 2. The van der Waals surface area contributed by atoms with Crippen molar-refractivity contribution in [3.63, 3.8) is 0 Å². The van der Waals surface area contributed by atoms with Crippen LogP contribution in [0.5, 0.6) is 0 Å². The van der Waals surface area contributed by atoms with E-state index in [9.17, 15) is 0 Å². The van der Waals surface area contributed by atoms with Crippen LogP contribution in [0.4, 0.5) is 5.69 Å². The van der Waals surface area contributed by atoms with Crippen molar-refractivity contribution in [3.8, 4) is 0 Å². The maximum atomic E-state index is 6.52. The van der Waals surface area contributed by atoms with E-state index in [4.69, 9.17) is 4.74 Å². The van der Waals surface area contributed by atoms with E-state index in [2.05, 4.69) is 110 Å². The van der Waals surface area contributed by atoms with Crippen LogP contribution >= 0.6 is 0 Å². The van der Waals surface area contributed by atoms with Crippen LogP contribution in [0.2, 0.25) is 0 Å². The molecule has 2 heteroatoms. The summed E-state index contributed by atoms with van der Waals surface area (Å²) in [6.45, 7) is 6.28. The number of nitrogens with zero attached hydrogens (tertiary/aromatic N) is 1. The van der Waals surface area contributed by atoms with Crippen molar-refractivity contribution < 1.29 is 4.74 Å². The number of para-hydroxylation sites is 1. The van der Waals surface area contributed by atoms with Crippen molar-refractivity contribution in [2.45, 2.75) is 25.0 Å². The lowest BCUT2D eigenvalue weighted by molar-refractivity contribution is 0.000341. The van der Waals surface area contributed by atoms with Crippen molar-refractivity contribution in [2.24, 2.45) is 0 Å². The number of fused-ring (bicyclic) bond motifs is 6. The Morgan fingerprint density at radius 2 is 1.53 bits per heavy atom. The van der Waals surface area contributed by atoms with Crippen molar-refractivity contribution in [3.05, 3.63) is 96.1 Å². The molecular formula is C28H25NO. The van der Waals surface area contributed by atoms with Gasteiger partial charge in [-0.1, -0.05) is 86.7 Å². The zero-order valence-electron chi connectivity index (χ0n) is 17.4. The maximum absolute atomic E-state index is 6.52. The fourth-order valence-corrected chi connectivity index (χ4v) is 5.55. The van der Waals surface area contributed by atoms with Gasteiger partial charge in [0.25, 0.3) is 0 Å². The summed E-state index contributed by atoms with van der Waals surface area (Å²) in [7, 11) is 0. The van der Waals surface area contributed by atoms with Crippen LogP contribution in [0.15, 0.2) is 84.9 Å². The highest BCUT2D eigenvalue weighted by atomic mass is 16.5. The Hall–Kier alpha value is -3.10. The molecule has 148 valence electrons. The molecule has 2 nitrogen and oxygen atoms in total. The van der Waals surface area contributed by atoms with Gasteiger partial charge in [-0.25, -0.2) is 0 Å². The molecule has 0 aromatic heterocycles. The van der Waals surface area contributed by atoms with Gasteiger partial charge in [-0.2, -0.15) is 0 Å². The largest absolute Gasteiger partial charge is 0.349 e. The van der Waals surface area contributed by atoms with Crippen LogP contribution in [-0.2, 0) is 10.2 Å². The lowest BCUT2D eigenvalue weighted by Gasteiger charge is -2.39. The number of hydrogen-bond acceptors (Lipinski definition) is 2. The fraction of sp³-hybridized carbons (Fsp3) is 0.214. The van der Waals surface area contributed by atoms with E-state index in [-0.39, 0.29) is 5.41 Å².